The fraction of sp³-hybridized carbons (Fsp3) is 1.00. The van der Waals surface area contributed by atoms with Crippen molar-refractivity contribution in [2.24, 2.45) is 5.73 Å². The minimum atomic E-state index is -4.22. The lowest BCUT2D eigenvalue weighted by atomic mass is 10.3. The van der Waals surface area contributed by atoms with Gasteiger partial charge in [0.2, 0.25) is 0 Å². The van der Waals surface area contributed by atoms with Gasteiger partial charge < -0.3 is 15.8 Å². The Morgan fingerprint density at radius 1 is 1.43 bits per heavy atom. The van der Waals surface area contributed by atoms with Crippen LogP contribution in [0.4, 0.5) is 13.2 Å². The number of nitrogens with two attached hydrogens (primary N) is 1. The molecule has 3 nitrogen and oxygen atoms in total. The fourth-order valence-corrected chi connectivity index (χ4v) is 0.794. The number of rotatable bonds is 7. The third-order valence-corrected chi connectivity index (χ3v) is 1.58. The van der Waals surface area contributed by atoms with E-state index >= 15 is 0 Å². The fourth-order valence-electron chi connectivity index (χ4n) is 0.794. The lowest BCUT2D eigenvalue weighted by Crippen LogP contribution is -2.34. The molecule has 0 saturated carbocycles. The Bertz CT molecular complexity index is 141. The van der Waals surface area contributed by atoms with Crippen LogP contribution in [0.3, 0.4) is 0 Å². The summed E-state index contributed by atoms with van der Waals surface area (Å²) in [5, 5.41) is 3.04. The van der Waals surface area contributed by atoms with E-state index in [-0.39, 0.29) is 12.6 Å². The lowest BCUT2D eigenvalue weighted by molar-refractivity contribution is -0.173. The first kappa shape index (κ1) is 13.7. The maximum atomic E-state index is 11.6. The van der Waals surface area contributed by atoms with E-state index in [9.17, 15) is 13.2 Å². The molecule has 3 N–H and O–H groups in total. The van der Waals surface area contributed by atoms with Gasteiger partial charge in [-0.15, -0.1) is 0 Å². The highest BCUT2D eigenvalue weighted by Gasteiger charge is 2.27. The number of nitrogens with one attached hydrogen (secondary N) is 1. The quantitative estimate of drug-likeness (QED) is 0.619. The highest BCUT2D eigenvalue weighted by molar-refractivity contribution is 4.59. The second-order valence-corrected chi connectivity index (χ2v) is 3.11. The van der Waals surface area contributed by atoms with Crippen molar-refractivity contribution in [1.82, 2.24) is 5.32 Å². The van der Waals surface area contributed by atoms with Crippen molar-refractivity contribution in [3.8, 4) is 0 Å². The first-order valence-electron chi connectivity index (χ1n) is 4.53. The molecule has 0 aliphatic heterocycles. The average molecular weight is 214 g/mol. The zero-order valence-electron chi connectivity index (χ0n) is 8.23. The number of halogens is 3. The molecule has 0 rings (SSSR count). The van der Waals surface area contributed by atoms with Gasteiger partial charge in [0.05, 0.1) is 0 Å². The second kappa shape index (κ2) is 7.03. The number of ether oxygens (including phenoxy) is 1. The van der Waals surface area contributed by atoms with Crippen LogP contribution in [0, 0.1) is 0 Å². The van der Waals surface area contributed by atoms with E-state index in [0.29, 0.717) is 19.5 Å². The maximum Gasteiger partial charge on any atom is 0.411 e. The van der Waals surface area contributed by atoms with Gasteiger partial charge in [0.1, 0.15) is 6.61 Å². The molecule has 0 bridgehead atoms. The lowest BCUT2D eigenvalue weighted by Gasteiger charge is -2.11. The summed E-state index contributed by atoms with van der Waals surface area (Å²) < 4.78 is 39.2. The van der Waals surface area contributed by atoms with Crippen molar-refractivity contribution < 1.29 is 17.9 Å². The molecule has 1 atom stereocenters. The molecular weight excluding hydrogens is 197 g/mol. The van der Waals surface area contributed by atoms with Gasteiger partial charge in [-0.25, -0.2) is 0 Å². The zero-order chi connectivity index (χ0) is 11.0. The van der Waals surface area contributed by atoms with Gasteiger partial charge in [-0.1, -0.05) is 0 Å². The molecule has 0 aromatic carbocycles. The normalized spacial score (nSPS) is 14.4. The minimum Gasteiger partial charge on any atom is -0.372 e. The standard InChI is InChI=1S/C8H17F3N2O/c1-7(5-12)13-3-2-4-14-6-8(9,10)11/h7,13H,2-6,12H2,1H3. The summed E-state index contributed by atoms with van der Waals surface area (Å²) in [6.45, 7) is 2.00. The Balaban J connectivity index is 3.14. The molecule has 0 spiro atoms. The zero-order valence-corrected chi connectivity index (χ0v) is 8.23. The van der Waals surface area contributed by atoms with Crippen molar-refractivity contribution in [3.63, 3.8) is 0 Å². The van der Waals surface area contributed by atoms with E-state index in [1.165, 1.54) is 0 Å². The molecule has 0 aromatic heterocycles. The van der Waals surface area contributed by atoms with Gasteiger partial charge in [0, 0.05) is 19.2 Å². The van der Waals surface area contributed by atoms with Crippen LogP contribution in [0.5, 0.6) is 0 Å². The first-order valence-corrected chi connectivity index (χ1v) is 4.53. The molecule has 0 heterocycles. The Morgan fingerprint density at radius 3 is 2.57 bits per heavy atom. The molecule has 6 heteroatoms. The van der Waals surface area contributed by atoms with Crippen LogP contribution >= 0.6 is 0 Å². The second-order valence-electron chi connectivity index (χ2n) is 3.11. The largest absolute Gasteiger partial charge is 0.411 e. The van der Waals surface area contributed by atoms with Crippen LogP contribution in [0.15, 0.2) is 0 Å². The van der Waals surface area contributed by atoms with E-state index in [1.54, 1.807) is 0 Å². The van der Waals surface area contributed by atoms with Crippen LogP contribution in [0.1, 0.15) is 13.3 Å². The molecule has 1 unspecified atom stereocenters. The van der Waals surface area contributed by atoms with Gasteiger partial charge in [0.25, 0.3) is 0 Å². The first-order chi connectivity index (χ1) is 6.45. The smallest absolute Gasteiger partial charge is 0.372 e. The van der Waals surface area contributed by atoms with Crippen molar-refractivity contribution >= 4 is 0 Å². The van der Waals surface area contributed by atoms with Gasteiger partial charge in [-0.05, 0) is 19.9 Å². The van der Waals surface area contributed by atoms with Crippen LogP contribution in [-0.4, -0.2) is 38.5 Å². The third kappa shape index (κ3) is 9.76. The van der Waals surface area contributed by atoms with E-state index < -0.39 is 12.8 Å². The summed E-state index contributed by atoms with van der Waals surface area (Å²) in [5.74, 6) is 0. The Kier molecular flexibility index (Phi) is 6.86. The molecule has 0 aromatic rings. The van der Waals surface area contributed by atoms with Gasteiger partial charge in [-0.2, -0.15) is 13.2 Å². The van der Waals surface area contributed by atoms with Crippen molar-refractivity contribution in [2.45, 2.75) is 25.6 Å². The van der Waals surface area contributed by atoms with E-state index in [2.05, 4.69) is 10.1 Å². The highest BCUT2D eigenvalue weighted by Crippen LogP contribution is 2.14. The average Bonchev–Trinajstić information content (AvgIpc) is 2.08. The molecule has 0 aliphatic rings. The molecule has 86 valence electrons. The van der Waals surface area contributed by atoms with Crippen LogP contribution in [0.2, 0.25) is 0 Å². The van der Waals surface area contributed by atoms with E-state index in [1.807, 2.05) is 6.92 Å². The Labute approximate surface area is 81.8 Å². The molecule has 0 saturated heterocycles. The monoisotopic (exact) mass is 214 g/mol. The number of alkyl halides is 3. The number of hydrogen-bond donors (Lipinski definition) is 2. The predicted molar refractivity (Wildman–Crippen MR) is 48.0 cm³/mol. The van der Waals surface area contributed by atoms with Gasteiger partial charge in [0.15, 0.2) is 0 Å². The summed E-state index contributed by atoms with van der Waals surface area (Å²) in [4.78, 5) is 0. The third-order valence-electron chi connectivity index (χ3n) is 1.58. The van der Waals surface area contributed by atoms with Crippen molar-refractivity contribution in [3.05, 3.63) is 0 Å². The summed E-state index contributed by atoms with van der Waals surface area (Å²) in [5.41, 5.74) is 5.33. The Hall–Kier alpha value is -0.330. The molecule has 0 radical (unpaired) electrons. The van der Waals surface area contributed by atoms with E-state index in [0.717, 1.165) is 0 Å². The summed E-state index contributed by atoms with van der Waals surface area (Å²) >= 11 is 0. The molecule has 0 fully saturated rings. The van der Waals surface area contributed by atoms with E-state index in [4.69, 9.17) is 5.73 Å². The summed E-state index contributed by atoms with van der Waals surface area (Å²) in [7, 11) is 0. The van der Waals surface area contributed by atoms with Crippen LogP contribution in [-0.2, 0) is 4.74 Å². The number of hydrogen-bond acceptors (Lipinski definition) is 3. The minimum absolute atomic E-state index is 0.115. The summed E-state index contributed by atoms with van der Waals surface area (Å²) in [6.07, 6.45) is -3.67. The summed E-state index contributed by atoms with van der Waals surface area (Å²) in [6, 6.07) is 0.192. The molecule has 14 heavy (non-hydrogen) atoms. The SMILES string of the molecule is CC(CN)NCCCOCC(F)(F)F. The van der Waals surface area contributed by atoms with Gasteiger partial charge in [-0.3, -0.25) is 0 Å². The molecule has 0 aliphatic carbocycles. The van der Waals surface area contributed by atoms with Crippen LogP contribution < -0.4 is 11.1 Å². The predicted octanol–water partition coefficient (Wildman–Crippen LogP) is 0.892. The Morgan fingerprint density at radius 2 is 2.07 bits per heavy atom. The van der Waals surface area contributed by atoms with Crippen molar-refractivity contribution in [1.29, 1.82) is 0 Å². The maximum absolute atomic E-state index is 11.6. The highest BCUT2D eigenvalue weighted by atomic mass is 19.4. The van der Waals surface area contributed by atoms with Crippen LogP contribution in [0.25, 0.3) is 0 Å². The topological polar surface area (TPSA) is 47.3 Å². The molecule has 0 amide bonds. The van der Waals surface area contributed by atoms with Crippen molar-refractivity contribution in [2.75, 3.05) is 26.3 Å². The van der Waals surface area contributed by atoms with Gasteiger partial charge >= 0.3 is 6.18 Å². The molecular formula is C8H17F3N2O.